The van der Waals surface area contributed by atoms with Crippen LogP contribution < -0.4 is 0 Å². The van der Waals surface area contributed by atoms with Crippen LogP contribution in [-0.2, 0) is 0 Å². The van der Waals surface area contributed by atoms with E-state index in [-0.39, 0.29) is 0 Å². The first-order valence-electron chi connectivity index (χ1n) is 5.23. The zero-order chi connectivity index (χ0) is 12.9. The molecule has 3 aromatic carbocycles. The molecule has 0 unspecified atom stereocenters. The second kappa shape index (κ2) is 4.47. The summed E-state index contributed by atoms with van der Waals surface area (Å²) in [6, 6.07) is 11.1. The lowest BCUT2D eigenvalue weighted by atomic mass is 10.0. The standard InChI is InChI=1S/C14H6Cl4/c15-9-3-7-1-2-8-4-10(16)6-12(18)14(8)13(7)11(17)5-9/h1-6H. The molecule has 0 radical (unpaired) electrons. The third-order valence-electron chi connectivity index (χ3n) is 2.86. The first-order valence-corrected chi connectivity index (χ1v) is 6.74. The van der Waals surface area contributed by atoms with E-state index in [2.05, 4.69) is 0 Å². The highest BCUT2D eigenvalue weighted by Gasteiger charge is 2.10. The summed E-state index contributed by atoms with van der Waals surface area (Å²) in [5.74, 6) is 0. The van der Waals surface area contributed by atoms with Crippen LogP contribution in [-0.4, -0.2) is 0 Å². The SMILES string of the molecule is Clc1cc(Cl)c2c(ccc3cc(Cl)cc(Cl)c32)c1. The van der Waals surface area contributed by atoms with Gasteiger partial charge >= 0.3 is 0 Å². The summed E-state index contributed by atoms with van der Waals surface area (Å²) in [6.07, 6.45) is 0. The zero-order valence-corrected chi connectivity index (χ0v) is 12.0. The first-order chi connectivity index (χ1) is 8.56. The van der Waals surface area contributed by atoms with E-state index in [1.54, 1.807) is 12.1 Å². The highest BCUT2D eigenvalue weighted by atomic mass is 35.5. The van der Waals surface area contributed by atoms with Gasteiger partial charge in [0, 0.05) is 20.8 Å². The molecular formula is C14H6Cl4. The second-order valence-electron chi connectivity index (χ2n) is 4.04. The lowest BCUT2D eigenvalue weighted by molar-refractivity contribution is 1.76. The van der Waals surface area contributed by atoms with Gasteiger partial charge in [-0.2, -0.15) is 0 Å². The number of hydrogen-bond donors (Lipinski definition) is 0. The van der Waals surface area contributed by atoms with Crippen molar-refractivity contribution < 1.29 is 0 Å². The molecule has 0 aliphatic heterocycles. The summed E-state index contributed by atoms with van der Waals surface area (Å²) in [6.45, 7) is 0. The third-order valence-corrected chi connectivity index (χ3v) is 3.90. The molecule has 0 nitrogen and oxygen atoms in total. The van der Waals surface area contributed by atoms with Crippen molar-refractivity contribution in [3.63, 3.8) is 0 Å². The van der Waals surface area contributed by atoms with Crippen molar-refractivity contribution in [3.8, 4) is 0 Å². The molecule has 0 aliphatic carbocycles. The summed E-state index contributed by atoms with van der Waals surface area (Å²) in [4.78, 5) is 0. The minimum Gasteiger partial charge on any atom is -0.0843 e. The van der Waals surface area contributed by atoms with E-state index in [1.165, 1.54) is 0 Å². The van der Waals surface area contributed by atoms with Crippen LogP contribution in [0.5, 0.6) is 0 Å². The summed E-state index contributed by atoms with van der Waals surface area (Å²) in [5.41, 5.74) is 0. The maximum atomic E-state index is 6.28. The van der Waals surface area contributed by atoms with E-state index in [9.17, 15) is 0 Å². The molecule has 0 aliphatic rings. The number of rotatable bonds is 0. The fraction of sp³-hybridized carbons (Fsp3) is 0. The Kier molecular flexibility index (Phi) is 3.07. The van der Waals surface area contributed by atoms with E-state index in [4.69, 9.17) is 46.4 Å². The molecule has 0 amide bonds. The lowest BCUT2D eigenvalue weighted by Crippen LogP contribution is -1.82. The molecule has 0 saturated heterocycles. The molecule has 4 heteroatoms. The summed E-state index contributed by atoms with van der Waals surface area (Å²) >= 11 is 24.6. The molecular weight excluding hydrogens is 310 g/mol. The van der Waals surface area contributed by atoms with Gasteiger partial charge in [-0.3, -0.25) is 0 Å². The van der Waals surface area contributed by atoms with Gasteiger partial charge in [-0.1, -0.05) is 58.5 Å². The van der Waals surface area contributed by atoms with Crippen LogP contribution in [0, 0.1) is 0 Å². The molecule has 0 heterocycles. The minimum atomic E-state index is 0.590. The van der Waals surface area contributed by atoms with Crippen LogP contribution >= 0.6 is 46.4 Å². The maximum Gasteiger partial charge on any atom is 0.0505 e. The fourth-order valence-electron chi connectivity index (χ4n) is 2.16. The van der Waals surface area contributed by atoms with E-state index in [1.807, 2.05) is 24.3 Å². The third kappa shape index (κ3) is 1.94. The molecule has 0 N–H and O–H groups in total. The van der Waals surface area contributed by atoms with Crippen molar-refractivity contribution in [1.82, 2.24) is 0 Å². The molecule has 90 valence electrons. The van der Waals surface area contributed by atoms with Gasteiger partial charge in [0.1, 0.15) is 0 Å². The molecule has 3 rings (SSSR count). The Balaban J connectivity index is 2.61. The van der Waals surface area contributed by atoms with Gasteiger partial charge in [-0.05, 0) is 35.0 Å². The number of halogens is 4. The van der Waals surface area contributed by atoms with Crippen LogP contribution in [0.1, 0.15) is 0 Å². The molecule has 0 spiro atoms. The van der Waals surface area contributed by atoms with E-state index >= 15 is 0 Å². The average molecular weight is 316 g/mol. The Labute approximate surface area is 124 Å². The number of fused-ring (bicyclic) bond motifs is 3. The van der Waals surface area contributed by atoms with Gasteiger partial charge in [0.25, 0.3) is 0 Å². The Morgan fingerprint density at radius 2 is 0.944 bits per heavy atom. The van der Waals surface area contributed by atoms with Crippen molar-refractivity contribution in [2.45, 2.75) is 0 Å². The topological polar surface area (TPSA) is 0 Å². The highest BCUT2D eigenvalue weighted by Crippen LogP contribution is 2.38. The lowest BCUT2D eigenvalue weighted by Gasteiger charge is -2.09. The van der Waals surface area contributed by atoms with Gasteiger partial charge in [0.15, 0.2) is 0 Å². The predicted octanol–water partition coefficient (Wildman–Crippen LogP) is 6.61. The molecule has 3 aromatic rings. The molecule has 0 bridgehead atoms. The Morgan fingerprint density at radius 1 is 0.556 bits per heavy atom. The summed E-state index contributed by atoms with van der Waals surface area (Å²) in [7, 11) is 0. The van der Waals surface area contributed by atoms with Crippen LogP contribution in [0.4, 0.5) is 0 Å². The Hall–Kier alpha value is -0.660. The van der Waals surface area contributed by atoms with E-state index < -0.39 is 0 Å². The van der Waals surface area contributed by atoms with Crippen molar-refractivity contribution in [2.75, 3.05) is 0 Å². The summed E-state index contributed by atoms with van der Waals surface area (Å²) < 4.78 is 0. The van der Waals surface area contributed by atoms with Crippen LogP contribution in [0.25, 0.3) is 21.5 Å². The predicted molar refractivity (Wildman–Crippen MR) is 81.5 cm³/mol. The molecule has 0 saturated carbocycles. The average Bonchev–Trinajstić information content (AvgIpc) is 2.28. The monoisotopic (exact) mass is 314 g/mol. The normalized spacial score (nSPS) is 11.3. The second-order valence-corrected chi connectivity index (χ2v) is 5.72. The summed E-state index contributed by atoms with van der Waals surface area (Å²) in [5, 5.41) is 6.13. The van der Waals surface area contributed by atoms with Crippen LogP contribution in [0.15, 0.2) is 36.4 Å². The van der Waals surface area contributed by atoms with Gasteiger partial charge in [-0.25, -0.2) is 0 Å². The quantitative estimate of drug-likeness (QED) is 0.410. The van der Waals surface area contributed by atoms with Crippen LogP contribution in [0.2, 0.25) is 20.1 Å². The van der Waals surface area contributed by atoms with E-state index in [0.29, 0.717) is 20.1 Å². The Morgan fingerprint density at radius 3 is 1.33 bits per heavy atom. The van der Waals surface area contributed by atoms with Gasteiger partial charge in [0.05, 0.1) is 10.0 Å². The molecule has 0 aromatic heterocycles. The molecule has 0 atom stereocenters. The minimum absolute atomic E-state index is 0.590. The number of hydrogen-bond acceptors (Lipinski definition) is 0. The van der Waals surface area contributed by atoms with Crippen molar-refractivity contribution in [1.29, 1.82) is 0 Å². The largest absolute Gasteiger partial charge is 0.0843 e. The van der Waals surface area contributed by atoms with Crippen molar-refractivity contribution >= 4 is 67.9 Å². The van der Waals surface area contributed by atoms with Gasteiger partial charge < -0.3 is 0 Å². The maximum absolute atomic E-state index is 6.28. The Bertz CT molecular complexity index is 711. The molecule has 18 heavy (non-hydrogen) atoms. The van der Waals surface area contributed by atoms with Crippen LogP contribution in [0.3, 0.4) is 0 Å². The highest BCUT2D eigenvalue weighted by molar-refractivity contribution is 6.45. The van der Waals surface area contributed by atoms with Gasteiger partial charge in [0.2, 0.25) is 0 Å². The van der Waals surface area contributed by atoms with E-state index in [0.717, 1.165) is 21.5 Å². The van der Waals surface area contributed by atoms with Crippen molar-refractivity contribution in [3.05, 3.63) is 56.5 Å². The number of benzene rings is 3. The van der Waals surface area contributed by atoms with Crippen molar-refractivity contribution in [2.24, 2.45) is 0 Å². The van der Waals surface area contributed by atoms with Gasteiger partial charge in [-0.15, -0.1) is 0 Å². The smallest absolute Gasteiger partial charge is 0.0505 e. The zero-order valence-electron chi connectivity index (χ0n) is 8.98. The fourth-order valence-corrected chi connectivity index (χ4v) is 3.36. The molecule has 0 fully saturated rings. The first kappa shape index (κ1) is 12.4.